The molecule has 0 radical (unpaired) electrons. The van der Waals surface area contributed by atoms with Crippen LogP contribution in [-0.2, 0) is 11.3 Å². The number of fused-ring (bicyclic) bond motifs is 1. The van der Waals surface area contributed by atoms with Gasteiger partial charge in [-0.2, -0.15) is 0 Å². The van der Waals surface area contributed by atoms with Gasteiger partial charge in [0, 0.05) is 37.9 Å². The van der Waals surface area contributed by atoms with Gasteiger partial charge in [-0.3, -0.25) is 14.9 Å². The van der Waals surface area contributed by atoms with Crippen molar-refractivity contribution in [3.63, 3.8) is 0 Å². The van der Waals surface area contributed by atoms with Gasteiger partial charge in [-0.25, -0.2) is 5.48 Å². The van der Waals surface area contributed by atoms with Gasteiger partial charge in [0.2, 0.25) is 0 Å². The smallest absolute Gasteiger partial charge is 0.274 e. The summed E-state index contributed by atoms with van der Waals surface area (Å²) in [5, 5.41) is 8.62. The Bertz CT molecular complexity index is 450. The number of hydroxylamine groups is 1. The zero-order valence-corrected chi connectivity index (χ0v) is 10.9. The number of rotatable bonds is 4. The Labute approximate surface area is 111 Å². The molecule has 1 aliphatic rings. The van der Waals surface area contributed by atoms with Gasteiger partial charge in [0.1, 0.15) is 12.4 Å². The Morgan fingerprint density at radius 1 is 1.58 bits per heavy atom. The molecule has 1 aliphatic heterocycles. The highest BCUT2D eigenvalue weighted by Gasteiger charge is 2.16. The molecule has 1 amide bonds. The van der Waals surface area contributed by atoms with E-state index in [1.54, 1.807) is 24.7 Å². The highest BCUT2D eigenvalue weighted by atomic mass is 16.5. The van der Waals surface area contributed by atoms with E-state index in [0.29, 0.717) is 24.5 Å². The predicted octanol–water partition coefficient (Wildman–Crippen LogP) is 0.646. The first kappa shape index (κ1) is 13.8. The molecule has 0 aromatic heterocycles. The molecule has 2 N–H and O–H groups in total. The fourth-order valence-electron chi connectivity index (χ4n) is 2.04. The number of hydrogen-bond donors (Lipinski definition) is 2. The van der Waals surface area contributed by atoms with Gasteiger partial charge in [0.25, 0.3) is 5.91 Å². The minimum Gasteiger partial charge on any atom is -0.492 e. The molecule has 19 heavy (non-hydrogen) atoms. The molecule has 0 fully saturated rings. The Kier molecular flexibility index (Phi) is 4.73. The maximum atomic E-state index is 11.3. The number of hydrogen-bond acceptors (Lipinski definition) is 5. The summed E-state index contributed by atoms with van der Waals surface area (Å²) in [4.78, 5) is 13.6. The SMILES string of the molecule is COCCN1CCOc2cc(C(=O)NO)ccc2C1. The van der Waals surface area contributed by atoms with Crippen LogP contribution in [0.3, 0.4) is 0 Å². The third-order valence-electron chi connectivity index (χ3n) is 3.10. The van der Waals surface area contributed by atoms with Crippen molar-refractivity contribution in [2.24, 2.45) is 0 Å². The molecule has 0 aliphatic carbocycles. The predicted molar refractivity (Wildman–Crippen MR) is 68.3 cm³/mol. The number of amides is 1. The van der Waals surface area contributed by atoms with Gasteiger partial charge < -0.3 is 9.47 Å². The molecular weight excluding hydrogens is 248 g/mol. The Balaban J connectivity index is 2.13. The molecule has 6 nitrogen and oxygen atoms in total. The minimum atomic E-state index is -0.535. The lowest BCUT2D eigenvalue weighted by atomic mass is 10.1. The van der Waals surface area contributed by atoms with Crippen molar-refractivity contribution in [2.45, 2.75) is 6.54 Å². The van der Waals surface area contributed by atoms with Crippen molar-refractivity contribution >= 4 is 5.91 Å². The Morgan fingerprint density at radius 2 is 2.42 bits per heavy atom. The van der Waals surface area contributed by atoms with Crippen LogP contribution in [0.2, 0.25) is 0 Å². The van der Waals surface area contributed by atoms with Gasteiger partial charge in [0.15, 0.2) is 0 Å². The Morgan fingerprint density at radius 3 is 3.16 bits per heavy atom. The second kappa shape index (κ2) is 6.51. The zero-order chi connectivity index (χ0) is 13.7. The molecule has 0 saturated carbocycles. The fourth-order valence-corrected chi connectivity index (χ4v) is 2.04. The lowest BCUT2D eigenvalue weighted by molar-refractivity contribution is 0.0706. The number of methoxy groups -OCH3 is 1. The van der Waals surface area contributed by atoms with E-state index in [2.05, 4.69) is 4.90 Å². The summed E-state index contributed by atoms with van der Waals surface area (Å²) in [7, 11) is 1.68. The first-order valence-corrected chi connectivity index (χ1v) is 6.16. The maximum absolute atomic E-state index is 11.3. The second-order valence-corrected chi connectivity index (χ2v) is 4.38. The first-order chi connectivity index (χ1) is 9.24. The van der Waals surface area contributed by atoms with Crippen LogP contribution in [0.25, 0.3) is 0 Å². The van der Waals surface area contributed by atoms with E-state index in [1.165, 1.54) is 0 Å². The molecule has 0 bridgehead atoms. The van der Waals surface area contributed by atoms with Crippen LogP contribution in [0.4, 0.5) is 0 Å². The molecule has 0 saturated heterocycles. The van der Waals surface area contributed by atoms with Crippen LogP contribution in [0.15, 0.2) is 18.2 Å². The summed E-state index contributed by atoms with van der Waals surface area (Å²) >= 11 is 0. The van der Waals surface area contributed by atoms with Crippen molar-refractivity contribution in [1.82, 2.24) is 10.4 Å². The van der Waals surface area contributed by atoms with E-state index < -0.39 is 5.91 Å². The average Bonchev–Trinajstić information content (AvgIpc) is 2.65. The van der Waals surface area contributed by atoms with E-state index in [4.69, 9.17) is 14.7 Å². The molecule has 2 rings (SSSR count). The molecule has 0 atom stereocenters. The van der Waals surface area contributed by atoms with E-state index >= 15 is 0 Å². The molecule has 6 heteroatoms. The van der Waals surface area contributed by atoms with Crippen molar-refractivity contribution in [3.05, 3.63) is 29.3 Å². The van der Waals surface area contributed by atoms with Crippen molar-refractivity contribution in [2.75, 3.05) is 33.4 Å². The highest BCUT2D eigenvalue weighted by molar-refractivity contribution is 5.93. The summed E-state index contributed by atoms with van der Waals surface area (Å²) < 4.78 is 10.7. The monoisotopic (exact) mass is 266 g/mol. The summed E-state index contributed by atoms with van der Waals surface area (Å²) in [6.07, 6.45) is 0. The van der Waals surface area contributed by atoms with Crippen molar-refractivity contribution in [3.8, 4) is 5.75 Å². The third-order valence-corrected chi connectivity index (χ3v) is 3.10. The van der Waals surface area contributed by atoms with Crippen LogP contribution in [-0.4, -0.2) is 49.4 Å². The first-order valence-electron chi connectivity index (χ1n) is 6.16. The number of nitrogens with zero attached hydrogens (tertiary/aromatic N) is 1. The van der Waals surface area contributed by atoms with Gasteiger partial charge in [-0.1, -0.05) is 6.07 Å². The quantitative estimate of drug-likeness (QED) is 0.618. The van der Waals surface area contributed by atoms with Gasteiger partial charge in [-0.15, -0.1) is 0 Å². The summed E-state index contributed by atoms with van der Waals surface area (Å²) in [6.45, 7) is 3.68. The normalized spacial score (nSPS) is 15.3. The van der Waals surface area contributed by atoms with Crippen LogP contribution < -0.4 is 10.2 Å². The van der Waals surface area contributed by atoms with E-state index in [1.807, 2.05) is 6.07 Å². The van der Waals surface area contributed by atoms with Crippen LogP contribution in [0.1, 0.15) is 15.9 Å². The summed E-state index contributed by atoms with van der Waals surface area (Å²) in [5.74, 6) is 0.160. The van der Waals surface area contributed by atoms with Crippen LogP contribution >= 0.6 is 0 Å². The highest BCUT2D eigenvalue weighted by Crippen LogP contribution is 2.24. The van der Waals surface area contributed by atoms with Crippen molar-refractivity contribution in [1.29, 1.82) is 0 Å². The van der Waals surface area contributed by atoms with E-state index in [-0.39, 0.29) is 0 Å². The fraction of sp³-hybridized carbons (Fsp3) is 0.462. The second-order valence-electron chi connectivity index (χ2n) is 4.38. The lowest BCUT2D eigenvalue weighted by Crippen LogP contribution is -2.29. The summed E-state index contributed by atoms with van der Waals surface area (Å²) in [6, 6.07) is 5.18. The van der Waals surface area contributed by atoms with Crippen LogP contribution in [0.5, 0.6) is 5.75 Å². The lowest BCUT2D eigenvalue weighted by Gasteiger charge is -2.18. The maximum Gasteiger partial charge on any atom is 0.274 e. The zero-order valence-electron chi connectivity index (χ0n) is 10.9. The minimum absolute atomic E-state index is 0.381. The summed E-state index contributed by atoms with van der Waals surface area (Å²) in [5.41, 5.74) is 3.03. The largest absolute Gasteiger partial charge is 0.492 e. The number of carbonyl (C=O) groups excluding carboxylic acids is 1. The number of nitrogens with one attached hydrogen (secondary N) is 1. The molecular formula is C13H18N2O4. The molecule has 1 aromatic rings. The van der Waals surface area contributed by atoms with Gasteiger partial charge in [-0.05, 0) is 12.1 Å². The molecule has 0 spiro atoms. The average molecular weight is 266 g/mol. The standard InChI is InChI=1S/C13H18N2O4/c1-18-6-4-15-5-7-19-12-8-10(13(16)14-17)2-3-11(12)9-15/h2-3,8,17H,4-7,9H2,1H3,(H,14,16). The Hall–Kier alpha value is -1.63. The number of carbonyl (C=O) groups is 1. The van der Waals surface area contributed by atoms with Gasteiger partial charge >= 0.3 is 0 Å². The molecule has 1 aromatic carbocycles. The topological polar surface area (TPSA) is 71.0 Å². The third kappa shape index (κ3) is 3.44. The van der Waals surface area contributed by atoms with Gasteiger partial charge in [0.05, 0.1) is 6.61 Å². The molecule has 104 valence electrons. The number of benzene rings is 1. The van der Waals surface area contributed by atoms with Crippen molar-refractivity contribution < 1.29 is 19.5 Å². The van der Waals surface area contributed by atoms with E-state index in [0.717, 1.165) is 25.2 Å². The number of ether oxygens (including phenoxy) is 2. The van der Waals surface area contributed by atoms with Crippen LogP contribution in [0, 0.1) is 0 Å². The van der Waals surface area contributed by atoms with E-state index in [9.17, 15) is 4.79 Å². The molecule has 1 heterocycles. The molecule has 0 unspecified atom stereocenters.